The van der Waals surface area contributed by atoms with E-state index in [0.29, 0.717) is 6.54 Å². The second-order valence-corrected chi connectivity index (χ2v) is 7.49. The van der Waals surface area contributed by atoms with Gasteiger partial charge in [0.05, 0.1) is 22.5 Å². The van der Waals surface area contributed by atoms with E-state index in [0.717, 1.165) is 27.7 Å². The van der Waals surface area contributed by atoms with Crippen molar-refractivity contribution in [2.75, 3.05) is 0 Å². The zero-order valence-corrected chi connectivity index (χ0v) is 15.0. The Morgan fingerprint density at radius 1 is 1.08 bits per heavy atom. The van der Waals surface area contributed by atoms with Gasteiger partial charge in [-0.1, -0.05) is 54.2 Å². The Bertz CT molecular complexity index is 947. The Hall–Kier alpha value is -2.53. The molecule has 1 N–H and O–H groups in total. The van der Waals surface area contributed by atoms with Crippen molar-refractivity contribution >= 4 is 22.6 Å². The van der Waals surface area contributed by atoms with Gasteiger partial charge >= 0.3 is 0 Å². The summed E-state index contributed by atoms with van der Waals surface area (Å²) >= 11 is 1.71. The third-order valence-electron chi connectivity index (χ3n) is 4.31. The van der Waals surface area contributed by atoms with Gasteiger partial charge in [0, 0.05) is 5.56 Å². The number of benzene rings is 2. The van der Waals surface area contributed by atoms with E-state index >= 15 is 0 Å². The van der Waals surface area contributed by atoms with Gasteiger partial charge in [-0.25, -0.2) is 9.67 Å². The summed E-state index contributed by atoms with van der Waals surface area (Å²) in [5.74, 6) is 1.21. The third kappa shape index (κ3) is 3.07. The SMILES string of the molecule is CC1=Nc2c(c(C)nn2Cc2ccccc2)[C@H](c2cccc(O)c2)S1. The number of phenolic OH excluding ortho intramolecular Hbond substituents is 1. The van der Waals surface area contributed by atoms with Crippen LogP contribution in [0.5, 0.6) is 5.75 Å². The smallest absolute Gasteiger partial charge is 0.156 e. The molecule has 5 heteroatoms. The molecule has 0 saturated carbocycles. The van der Waals surface area contributed by atoms with Crippen molar-refractivity contribution in [2.45, 2.75) is 25.6 Å². The summed E-state index contributed by atoms with van der Waals surface area (Å²) in [6.07, 6.45) is 0. The van der Waals surface area contributed by atoms with Crippen molar-refractivity contribution in [1.82, 2.24) is 9.78 Å². The lowest BCUT2D eigenvalue weighted by Crippen LogP contribution is -2.07. The molecule has 0 aliphatic carbocycles. The Labute approximate surface area is 151 Å². The van der Waals surface area contributed by atoms with E-state index in [1.165, 1.54) is 5.56 Å². The molecular weight excluding hydrogens is 330 g/mol. The second kappa shape index (κ2) is 6.41. The van der Waals surface area contributed by atoms with Gasteiger partial charge in [0.15, 0.2) is 5.82 Å². The fourth-order valence-electron chi connectivity index (χ4n) is 3.20. The van der Waals surface area contributed by atoms with Gasteiger partial charge in [0.25, 0.3) is 0 Å². The number of hydrogen-bond acceptors (Lipinski definition) is 4. The molecule has 0 unspecified atom stereocenters. The first-order chi connectivity index (χ1) is 12.1. The lowest BCUT2D eigenvalue weighted by Gasteiger charge is -2.22. The maximum Gasteiger partial charge on any atom is 0.156 e. The number of aliphatic imine (C=N–C) groups is 1. The molecule has 3 aromatic rings. The van der Waals surface area contributed by atoms with E-state index in [2.05, 4.69) is 12.1 Å². The first kappa shape index (κ1) is 16.0. The monoisotopic (exact) mass is 349 g/mol. The number of aromatic nitrogens is 2. The van der Waals surface area contributed by atoms with Crippen molar-refractivity contribution in [3.05, 3.63) is 77.0 Å². The maximum atomic E-state index is 9.87. The van der Waals surface area contributed by atoms with E-state index in [1.54, 1.807) is 17.8 Å². The van der Waals surface area contributed by atoms with Gasteiger partial charge < -0.3 is 5.11 Å². The molecule has 1 aliphatic rings. The average Bonchev–Trinajstić information content (AvgIpc) is 2.91. The molecule has 4 rings (SSSR count). The van der Waals surface area contributed by atoms with E-state index in [1.807, 2.05) is 54.9 Å². The number of rotatable bonds is 3. The van der Waals surface area contributed by atoms with E-state index in [9.17, 15) is 5.11 Å². The summed E-state index contributed by atoms with van der Waals surface area (Å²) < 4.78 is 1.99. The molecule has 4 nitrogen and oxygen atoms in total. The molecule has 0 fully saturated rings. The predicted octanol–water partition coefficient (Wildman–Crippen LogP) is 4.83. The van der Waals surface area contributed by atoms with Gasteiger partial charge in [0.2, 0.25) is 0 Å². The van der Waals surface area contributed by atoms with Crippen molar-refractivity contribution in [1.29, 1.82) is 0 Å². The largest absolute Gasteiger partial charge is 0.508 e. The summed E-state index contributed by atoms with van der Waals surface area (Å²) in [5.41, 5.74) is 4.40. The van der Waals surface area contributed by atoms with Gasteiger partial charge in [-0.05, 0) is 37.1 Å². The van der Waals surface area contributed by atoms with Gasteiger partial charge in [0.1, 0.15) is 5.75 Å². The molecule has 0 spiro atoms. The van der Waals surface area contributed by atoms with Gasteiger partial charge in [-0.15, -0.1) is 0 Å². The van der Waals surface area contributed by atoms with Crippen LogP contribution in [0, 0.1) is 6.92 Å². The maximum absolute atomic E-state index is 9.87. The molecule has 126 valence electrons. The molecule has 2 heterocycles. The van der Waals surface area contributed by atoms with Crippen LogP contribution in [0.1, 0.15) is 34.6 Å². The Balaban J connectivity index is 1.79. The van der Waals surface area contributed by atoms with Gasteiger partial charge in [-0.2, -0.15) is 5.10 Å². The van der Waals surface area contributed by atoms with E-state index < -0.39 is 0 Å². The molecule has 1 atom stereocenters. The van der Waals surface area contributed by atoms with Crippen LogP contribution < -0.4 is 0 Å². The topological polar surface area (TPSA) is 50.4 Å². The Morgan fingerprint density at radius 2 is 1.88 bits per heavy atom. The molecule has 0 saturated heterocycles. The highest BCUT2D eigenvalue weighted by atomic mass is 32.2. The van der Waals surface area contributed by atoms with Crippen LogP contribution in [0.4, 0.5) is 5.82 Å². The second-order valence-electron chi connectivity index (χ2n) is 6.19. The lowest BCUT2D eigenvalue weighted by atomic mass is 10.0. The summed E-state index contributed by atoms with van der Waals surface area (Å²) in [6, 6.07) is 17.8. The normalized spacial score (nSPS) is 16.4. The quantitative estimate of drug-likeness (QED) is 0.737. The number of thioether (sulfide) groups is 1. The number of aryl methyl sites for hydroxylation is 1. The highest BCUT2D eigenvalue weighted by Crippen LogP contribution is 2.47. The molecule has 0 amide bonds. The fourth-order valence-corrected chi connectivity index (χ4v) is 4.36. The van der Waals surface area contributed by atoms with Crippen LogP contribution >= 0.6 is 11.8 Å². The lowest BCUT2D eigenvalue weighted by molar-refractivity contribution is 0.474. The first-order valence-electron chi connectivity index (χ1n) is 8.24. The molecule has 25 heavy (non-hydrogen) atoms. The molecule has 0 radical (unpaired) electrons. The van der Waals surface area contributed by atoms with Crippen LogP contribution in [-0.4, -0.2) is 19.9 Å². The molecular formula is C20H19N3OS. The summed E-state index contributed by atoms with van der Waals surface area (Å²) in [4.78, 5) is 4.78. The predicted molar refractivity (Wildman–Crippen MR) is 103 cm³/mol. The van der Waals surface area contributed by atoms with Crippen LogP contribution in [0.15, 0.2) is 59.6 Å². The molecule has 2 aromatic carbocycles. The standard InChI is InChI=1S/C20H19N3OS/c1-13-18-19(16-9-6-10-17(24)11-16)25-14(2)21-20(18)23(22-13)12-15-7-4-3-5-8-15/h3-11,19,24H,12H2,1-2H3/t19-/m0/s1. The minimum Gasteiger partial charge on any atom is -0.508 e. The zero-order chi connectivity index (χ0) is 17.4. The van der Waals surface area contributed by atoms with Crippen LogP contribution in [0.3, 0.4) is 0 Å². The number of fused-ring (bicyclic) bond motifs is 1. The number of hydrogen-bond donors (Lipinski definition) is 1. The summed E-state index contributed by atoms with van der Waals surface area (Å²) in [7, 11) is 0. The van der Waals surface area contributed by atoms with E-state index in [4.69, 9.17) is 10.1 Å². The zero-order valence-electron chi connectivity index (χ0n) is 14.2. The third-order valence-corrected chi connectivity index (χ3v) is 5.48. The van der Waals surface area contributed by atoms with Crippen molar-refractivity contribution in [3.63, 3.8) is 0 Å². The minimum atomic E-state index is 0.101. The number of aromatic hydroxyl groups is 1. The first-order valence-corrected chi connectivity index (χ1v) is 9.12. The van der Waals surface area contributed by atoms with Crippen LogP contribution in [-0.2, 0) is 6.54 Å². The number of nitrogens with zero attached hydrogens (tertiary/aromatic N) is 3. The number of phenols is 1. The molecule has 1 aromatic heterocycles. The van der Waals surface area contributed by atoms with Crippen molar-refractivity contribution < 1.29 is 5.11 Å². The van der Waals surface area contributed by atoms with Crippen molar-refractivity contribution in [3.8, 4) is 5.75 Å². The van der Waals surface area contributed by atoms with E-state index in [-0.39, 0.29) is 11.0 Å². The van der Waals surface area contributed by atoms with Gasteiger partial charge in [-0.3, -0.25) is 0 Å². The van der Waals surface area contributed by atoms with Crippen LogP contribution in [0.2, 0.25) is 0 Å². The summed E-state index contributed by atoms with van der Waals surface area (Å²) in [5, 5.41) is 15.7. The minimum absolute atomic E-state index is 0.101. The summed E-state index contributed by atoms with van der Waals surface area (Å²) in [6.45, 7) is 4.76. The average molecular weight is 349 g/mol. The Morgan fingerprint density at radius 3 is 2.64 bits per heavy atom. The fraction of sp³-hybridized carbons (Fsp3) is 0.200. The van der Waals surface area contributed by atoms with Crippen LogP contribution in [0.25, 0.3) is 0 Å². The molecule has 0 bridgehead atoms. The van der Waals surface area contributed by atoms with Crippen molar-refractivity contribution in [2.24, 2.45) is 4.99 Å². The highest BCUT2D eigenvalue weighted by molar-refractivity contribution is 8.14. The highest BCUT2D eigenvalue weighted by Gasteiger charge is 2.29. The molecule has 1 aliphatic heterocycles. The Kier molecular flexibility index (Phi) is 4.09.